The van der Waals surface area contributed by atoms with Crippen molar-refractivity contribution >= 4 is 35.1 Å². The van der Waals surface area contributed by atoms with Crippen LogP contribution >= 0.6 is 35.1 Å². The summed E-state index contributed by atoms with van der Waals surface area (Å²) in [5, 5.41) is 7.12. The molecule has 3 N–H and O–H groups in total. The van der Waals surface area contributed by atoms with Gasteiger partial charge < -0.3 is 0 Å². The number of hydrogen-bond donors (Lipinski definition) is 2. The fraction of sp³-hybridized carbons (Fsp3) is 0.200. The van der Waals surface area contributed by atoms with Crippen LogP contribution in [0.4, 0.5) is 0 Å². The number of nitrogens with two attached hydrogens (primary N) is 1. The highest BCUT2D eigenvalue weighted by Crippen LogP contribution is 2.22. The highest BCUT2D eigenvalue weighted by molar-refractivity contribution is 7.95. The van der Waals surface area contributed by atoms with Crippen LogP contribution < -0.4 is 9.86 Å². The molecule has 0 saturated heterocycles. The molecular formula is C5H7ClN2S2. The van der Waals surface area contributed by atoms with E-state index >= 15 is 0 Å². The molecule has 0 aromatic carbocycles. The van der Waals surface area contributed by atoms with Gasteiger partial charge in [0.2, 0.25) is 0 Å². The van der Waals surface area contributed by atoms with Gasteiger partial charge in [-0.1, -0.05) is 11.6 Å². The van der Waals surface area contributed by atoms with E-state index < -0.39 is 0 Å². The smallest absolute Gasteiger partial charge is 0.0973 e. The first kappa shape index (κ1) is 8.36. The number of hydrogen-bond acceptors (Lipinski definition) is 4. The van der Waals surface area contributed by atoms with Crippen molar-refractivity contribution < 1.29 is 0 Å². The summed E-state index contributed by atoms with van der Waals surface area (Å²) in [6.07, 6.45) is 0. The first-order chi connectivity index (χ1) is 4.84. The molecule has 0 spiro atoms. The Morgan fingerprint density at radius 1 is 1.80 bits per heavy atom. The van der Waals surface area contributed by atoms with Gasteiger partial charge in [0.15, 0.2) is 0 Å². The minimum absolute atomic E-state index is 0.726. The molecule has 0 saturated carbocycles. The topological polar surface area (TPSA) is 38.0 Å². The molecule has 0 radical (unpaired) electrons. The molecule has 0 atom stereocenters. The molecule has 0 aliphatic carbocycles. The second kappa shape index (κ2) is 4.20. The van der Waals surface area contributed by atoms with Gasteiger partial charge in [0.1, 0.15) is 0 Å². The molecule has 0 aliphatic rings. The Balaban J connectivity index is 2.49. The standard InChI is InChI=1S/C5H7ClN2S2/c6-5-4(1-2-9-5)3-8-10-7/h1-2,8H,3,7H2. The first-order valence-electron chi connectivity index (χ1n) is 2.65. The summed E-state index contributed by atoms with van der Waals surface area (Å²) in [6, 6.07) is 1.98. The van der Waals surface area contributed by atoms with E-state index in [1.165, 1.54) is 11.3 Å². The number of rotatable bonds is 3. The van der Waals surface area contributed by atoms with Gasteiger partial charge in [0.25, 0.3) is 0 Å². The maximum absolute atomic E-state index is 5.80. The Morgan fingerprint density at radius 3 is 3.10 bits per heavy atom. The molecule has 1 aromatic rings. The lowest BCUT2D eigenvalue weighted by Crippen LogP contribution is -2.05. The van der Waals surface area contributed by atoms with Gasteiger partial charge in [-0.05, 0) is 17.0 Å². The fourth-order valence-electron chi connectivity index (χ4n) is 0.565. The average molecular weight is 195 g/mol. The normalized spacial score (nSPS) is 10.2. The lowest BCUT2D eigenvalue weighted by molar-refractivity contribution is 0.985. The number of nitrogens with one attached hydrogen (secondary N) is 1. The van der Waals surface area contributed by atoms with Gasteiger partial charge >= 0.3 is 0 Å². The Morgan fingerprint density at radius 2 is 2.60 bits per heavy atom. The fourth-order valence-corrected chi connectivity index (χ4v) is 1.73. The second-order valence-electron chi connectivity index (χ2n) is 1.66. The summed E-state index contributed by atoms with van der Waals surface area (Å²) in [4.78, 5) is 0. The third kappa shape index (κ3) is 2.14. The van der Waals surface area contributed by atoms with Crippen LogP contribution in [0.5, 0.6) is 0 Å². The van der Waals surface area contributed by atoms with Crippen molar-refractivity contribution in [3.63, 3.8) is 0 Å². The zero-order valence-corrected chi connectivity index (χ0v) is 7.52. The molecule has 1 aromatic heterocycles. The third-order valence-electron chi connectivity index (χ3n) is 1.04. The van der Waals surface area contributed by atoms with Gasteiger partial charge in [-0.15, -0.1) is 11.3 Å². The maximum atomic E-state index is 5.80. The van der Waals surface area contributed by atoms with Gasteiger partial charge in [0.05, 0.1) is 4.34 Å². The van der Waals surface area contributed by atoms with Gasteiger partial charge in [-0.3, -0.25) is 5.14 Å². The summed E-state index contributed by atoms with van der Waals surface area (Å²) < 4.78 is 3.74. The zero-order chi connectivity index (χ0) is 7.40. The van der Waals surface area contributed by atoms with Crippen LogP contribution in [0.1, 0.15) is 5.56 Å². The maximum Gasteiger partial charge on any atom is 0.0973 e. The van der Waals surface area contributed by atoms with Crippen LogP contribution in [0, 0.1) is 0 Å². The van der Waals surface area contributed by atoms with Crippen LogP contribution in [-0.2, 0) is 6.54 Å². The molecule has 56 valence electrons. The molecule has 0 aliphatic heterocycles. The van der Waals surface area contributed by atoms with Crippen molar-refractivity contribution in [3.8, 4) is 0 Å². The van der Waals surface area contributed by atoms with Crippen LogP contribution in [0.25, 0.3) is 0 Å². The van der Waals surface area contributed by atoms with Crippen LogP contribution in [-0.4, -0.2) is 0 Å². The summed E-state index contributed by atoms with van der Waals surface area (Å²) in [7, 11) is 0. The largest absolute Gasteiger partial charge is 0.264 e. The van der Waals surface area contributed by atoms with E-state index in [9.17, 15) is 0 Å². The van der Waals surface area contributed by atoms with Gasteiger partial charge in [-0.2, -0.15) is 0 Å². The van der Waals surface area contributed by atoms with Crippen molar-refractivity contribution in [2.75, 3.05) is 0 Å². The van der Waals surface area contributed by atoms with E-state index in [-0.39, 0.29) is 0 Å². The average Bonchev–Trinajstić information content (AvgIpc) is 2.31. The van der Waals surface area contributed by atoms with Crippen molar-refractivity contribution in [2.45, 2.75) is 6.54 Å². The van der Waals surface area contributed by atoms with E-state index in [4.69, 9.17) is 16.7 Å². The highest BCUT2D eigenvalue weighted by Gasteiger charge is 1.98. The molecule has 0 amide bonds. The van der Waals surface area contributed by atoms with Crippen molar-refractivity contribution in [1.82, 2.24) is 4.72 Å². The molecule has 1 rings (SSSR count). The molecule has 2 nitrogen and oxygen atoms in total. The molecule has 0 unspecified atom stereocenters. The van der Waals surface area contributed by atoms with Gasteiger partial charge in [-0.25, -0.2) is 4.72 Å². The SMILES string of the molecule is NSNCc1ccsc1Cl. The van der Waals surface area contributed by atoms with Gasteiger partial charge in [0, 0.05) is 18.7 Å². The zero-order valence-electron chi connectivity index (χ0n) is 5.13. The molecule has 0 fully saturated rings. The van der Waals surface area contributed by atoms with E-state index in [1.807, 2.05) is 11.4 Å². The van der Waals surface area contributed by atoms with Crippen LogP contribution in [0.15, 0.2) is 11.4 Å². The highest BCUT2D eigenvalue weighted by atomic mass is 35.5. The minimum atomic E-state index is 0.726. The molecule has 1 heterocycles. The lowest BCUT2D eigenvalue weighted by Gasteiger charge is -1.96. The minimum Gasteiger partial charge on any atom is -0.264 e. The Labute approximate surface area is 73.0 Å². The summed E-state index contributed by atoms with van der Waals surface area (Å²) >= 11 is 8.44. The van der Waals surface area contributed by atoms with Crippen LogP contribution in [0.3, 0.4) is 0 Å². The Hall–Kier alpha value is 0.260. The summed E-state index contributed by atoms with van der Waals surface area (Å²) in [5.41, 5.74) is 1.10. The number of halogens is 1. The summed E-state index contributed by atoms with van der Waals surface area (Å²) in [5.74, 6) is 0. The monoisotopic (exact) mass is 194 g/mol. The first-order valence-corrected chi connectivity index (χ1v) is 4.79. The van der Waals surface area contributed by atoms with E-state index in [2.05, 4.69) is 4.72 Å². The Bertz CT molecular complexity index is 201. The third-order valence-corrected chi connectivity index (χ3v) is 2.60. The molecular weight excluding hydrogens is 188 g/mol. The predicted molar refractivity (Wildman–Crippen MR) is 47.9 cm³/mol. The van der Waals surface area contributed by atoms with Crippen LogP contribution in [0.2, 0.25) is 4.34 Å². The van der Waals surface area contributed by atoms with Crippen molar-refractivity contribution in [1.29, 1.82) is 0 Å². The Kier molecular flexibility index (Phi) is 3.51. The second-order valence-corrected chi connectivity index (χ2v) is 3.70. The van der Waals surface area contributed by atoms with Crippen molar-refractivity contribution in [3.05, 3.63) is 21.3 Å². The van der Waals surface area contributed by atoms with E-state index in [0.29, 0.717) is 0 Å². The summed E-state index contributed by atoms with van der Waals surface area (Å²) in [6.45, 7) is 0.726. The number of thiophene rings is 1. The molecule has 0 bridgehead atoms. The van der Waals surface area contributed by atoms with Crippen molar-refractivity contribution in [2.24, 2.45) is 5.14 Å². The molecule has 10 heavy (non-hydrogen) atoms. The lowest BCUT2D eigenvalue weighted by atomic mass is 10.3. The quantitative estimate of drug-likeness (QED) is 0.724. The molecule has 5 heteroatoms. The predicted octanol–water partition coefficient (Wildman–Crippen LogP) is 2.01. The van der Waals surface area contributed by atoms with E-state index in [0.717, 1.165) is 28.6 Å². The van der Waals surface area contributed by atoms with E-state index in [1.54, 1.807) is 0 Å².